The topological polar surface area (TPSA) is 97.1 Å². The van der Waals surface area contributed by atoms with E-state index >= 15 is 0 Å². The standard InChI is InChI=1S/C16H24N4O2/c1-11-10-12(7-9-18-11)16(22)20-14-4-2-13(3-5-14)19-15(21)6-8-17/h7,9-10,13-14H,2-6,8,17H2,1H3,(H,19,21)(H,20,22). The average Bonchev–Trinajstić information content (AvgIpc) is 2.49. The maximum Gasteiger partial charge on any atom is 0.251 e. The highest BCUT2D eigenvalue weighted by Gasteiger charge is 2.23. The second-order valence-corrected chi connectivity index (χ2v) is 5.81. The number of nitrogens with one attached hydrogen (secondary N) is 2. The van der Waals surface area contributed by atoms with Crippen molar-refractivity contribution in [1.82, 2.24) is 15.6 Å². The minimum Gasteiger partial charge on any atom is -0.353 e. The summed E-state index contributed by atoms with van der Waals surface area (Å²) in [6, 6.07) is 3.88. The molecule has 0 atom stereocenters. The normalized spacial score (nSPS) is 21.2. The molecule has 4 N–H and O–H groups in total. The van der Waals surface area contributed by atoms with Crippen LogP contribution in [0.25, 0.3) is 0 Å². The van der Waals surface area contributed by atoms with Gasteiger partial charge in [-0.3, -0.25) is 14.6 Å². The van der Waals surface area contributed by atoms with Gasteiger partial charge in [-0.05, 0) is 44.7 Å². The summed E-state index contributed by atoms with van der Waals surface area (Å²) in [5, 5.41) is 6.05. The van der Waals surface area contributed by atoms with Crippen LogP contribution >= 0.6 is 0 Å². The van der Waals surface area contributed by atoms with E-state index in [1.54, 1.807) is 18.3 Å². The largest absolute Gasteiger partial charge is 0.353 e. The van der Waals surface area contributed by atoms with Gasteiger partial charge in [-0.25, -0.2) is 0 Å². The summed E-state index contributed by atoms with van der Waals surface area (Å²) in [6.45, 7) is 2.24. The Hall–Kier alpha value is -1.95. The van der Waals surface area contributed by atoms with Crippen molar-refractivity contribution in [3.8, 4) is 0 Å². The molecule has 22 heavy (non-hydrogen) atoms. The molecule has 120 valence electrons. The Bertz CT molecular complexity index is 525. The molecule has 0 aliphatic heterocycles. The molecule has 0 bridgehead atoms. The summed E-state index contributed by atoms with van der Waals surface area (Å²) < 4.78 is 0. The van der Waals surface area contributed by atoms with Crippen molar-refractivity contribution in [2.24, 2.45) is 5.73 Å². The molecule has 1 aliphatic rings. The summed E-state index contributed by atoms with van der Waals surface area (Å²) >= 11 is 0. The van der Waals surface area contributed by atoms with Gasteiger partial charge in [0.05, 0.1) is 0 Å². The van der Waals surface area contributed by atoms with Gasteiger partial charge in [0.2, 0.25) is 5.91 Å². The molecule has 0 radical (unpaired) electrons. The minimum atomic E-state index is -0.0545. The highest BCUT2D eigenvalue weighted by molar-refractivity contribution is 5.94. The van der Waals surface area contributed by atoms with E-state index in [-0.39, 0.29) is 23.9 Å². The fraction of sp³-hybridized carbons (Fsp3) is 0.562. The lowest BCUT2D eigenvalue weighted by atomic mass is 9.91. The molecule has 1 aromatic heterocycles. The molecule has 6 heteroatoms. The van der Waals surface area contributed by atoms with E-state index < -0.39 is 0 Å². The van der Waals surface area contributed by atoms with Gasteiger partial charge >= 0.3 is 0 Å². The molecule has 1 aliphatic carbocycles. The van der Waals surface area contributed by atoms with Gasteiger partial charge in [-0.15, -0.1) is 0 Å². The molecule has 2 rings (SSSR count). The second kappa shape index (κ2) is 7.89. The van der Waals surface area contributed by atoms with Crippen molar-refractivity contribution < 1.29 is 9.59 Å². The summed E-state index contributed by atoms with van der Waals surface area (Å²) in [4.78, 5) is 27.8. The zero-order chi connectivity index (χ0) is 15.9. The lowest BCUT2D eigenvalue weighted by Crippen LogP contribution is -2.44. The smallest absolute Gasteiger partial charge is 0.251 e. The highest BCUT2D eigenvalue weighted by Crippen LogP contribution is 2.19. The maximum absolute atomic E-state index is 12.2. The maximum atomic E-state index is 12.2. The second-order valence-electron chi connectivity index (χ2n) is 5.81. The van der Waals surface area contributed by atoms with Crippen molar-refractivity contribution in [2.45, 2.75) is 51.1 Å². The number of aryl methyl sites for hydroxylation is 1. The first kappa shape index (κ1) is 16.4. The average molecular weight is 304 g/mol. The van der Waals surface area contributed by atoms with Crippen LogP contribution in [0.1, 0.15) is 48.2 Å². The van der Waals surface area contributed by atoms with Crippen molar-refractivity contribution >= 4 is 11.8 Å². The lowest BCUT2D eigenvalue weighted by molar-refractivity contribution is -0.121. The third-order valence-corrected chi connectivity index (χ3v) is 3.96. The van der Waals surface area contributed by atoms with Crippen LogP contribution in [0.3, 0.4) is 0 Å². The zero-order valence-corrected chi connectivity index (χ0v) is 13.0. The number of hydrogen-bond acceptors (Lipinski definition) is 4. The first-order valence-corrected chi connectivity index (χ1v) is 7.81. The molecule has 1 fully saturated rings. The van der Waals surface area contributed by atoms with E-state index in [2.05, 4.69) is 15.6 Å². The van der Waals surface area contributed by atoms with E-state index in [1.165, 1.54) is 0 Å². The van der Waals surface area contributed by atoms with Gasteiger partial charge in [0.1, 0.15) is 0 Å². The van der Waals surface area contributed by atoms with Gasteiger partial charge in [0.15, 0.2) is 0 Å². The number of rotatable bonds is 5. The van der Waals surface area contributed by atoms with Crippen LogP contribution in [-0.2, 0) is 4.79 Å². The quantitative estimate of drug-likeness (QED) is 0.753. The first-order valence-electron chi connectivity index (χ1n) is 7.81. The van der Waals surface area contributed by atoms with Crippen LogP contribution < -0.4 is 16.4 Å². The van der Waals surface area contributed by atoms with Crippen LogP contribution in [0, 0.1) is 6.92 Å². The number of amides is 2. The number of carbonyl (C=O) groups is 2. The Morgan fingerprint density at radius 1 is 1.23 bits per heavy atom. The van der Waals surface area contributed by atoms with Crippen LogP contribution in [0.2, 0.25) is 0 Å². The molecule has 0 spiro atoms. The summed E-state index contributed by atoms with van der Waals surface area (Å²) in [6.07, 6.45) is 5.55. The molecule has 1 saturated carbocycles. The Balaban J connectivity index is 1.77. The van der Waals surface area contributed by atoms with Gasteiger partial charge in [0.25, 0.3) is 5.91 Å². The van der Waals surface area contributed by atoms with Crippen LogP contribution in [0.5, 0.6) is 0 Å². The van der Waals surface area contributed by atoms with Crippen molar-refractivity contribution in [3.63, 3.8) is 0 Å². The number of hydrogen-bond donors (Lipinski definition) is 3. The van der Waals surface area contributed by atoms with Crippen LogP contribution in [-0.4, -0.2) is 35.4 Å². The zero-order valence-electron chi connectivity index (χ0n) is 13.0. The Kier molecular flexibility index (Phi) is 5.89. The van der Waals surface area contributed by atoms with E-state index in [9.17, 15) is 9.59 Å². The third-order valence-electron chi connectivity index (χ3n) is 3.96. The predicted molar refractivity (Wildman–Crippen MR) is 84.3 cm³/mol. The number of pyridine rings is 1. The lowest BCUT2D eigenvalue weighted by Gasteiger charge is -2.29. The first-order chi connectivity index (χ1) is 10.6. The summed E-state index contributed by atoms with van der Waals surface area (Å²) in [5.74, 6) is -0.0386. The van der Waals surface area contributed by atoms with Crippen LogP contribution in [0.15, 0.2) is 18.3 Å². The van der Waals surface area contributed by atoms with Crippen molar-refractivity contribution in [3.05, 3.63) is 29.6 Å². The fourth-order valence-electron chi connectivity index (χ4n) is 2.77. The number of nitrogens with zero attached hydrogens (tertiary/aromatic N) is 1. The monoisotopic (exact) mass is 304 g/mol. The van der Waals surface area contributed by atoms with E-state index in [4.69, 9.17) is 5.73 Å². The molecule has 0 unspecified atom stereocenters. The fourth-order valence-corrected chi connectivity index (χ4v) is 2.77. The predicted octanol–water partition coefficient (Wildman–Crippen LogP) is 0.896. The molecular weight excluding hydrogens is 280 g/mol. The van der Waals surface area contributed by atoms with Crippen LogP contribution in [0.4, 0.5) is 0 Å². The molecular formula is C16H24N4O2. The van der Waals surface area contributed by atoms with E-state index in [0.717, 1.165) is 31.4 Å². The molecule has 1 heterocycles. The minimum absolute atomic E-state index is 0.0160. The van der Waals surface area contributed by atoms with Crippen molar-refractivity contribution in [2.75, 3.05) is 6.54 Å². The molecule has 6 nitrogen and oxygen atoms in total. The number of carbonyl (C=O) groups excluding carboxylic acids is 2. The molecule has 0 saturated heterocycles. The Morgan fingerprint density at radius 3 is 2.45 bits per heavy atom. The summed E-state index contributed by atoms with van der Waals surface area (Å²) in [7, 11) is 0. The Morgan fingerprint density at radius 2 is 1.86 bits per heavy atom. The number of nitrogens with two attached hydrogens (primary N) is 1. The summed E-state index contributed by atoms with van der Waals surface area (Å²) in [5.41, 5.74) is 6.84. The van der Waals surface area contributed by atoms with Gasteiger partial charge < -0.3 is 16.4 Å². The van der Waals surface area contributed by atoms with Crippen molar-refractivity contribution in [1.29, 1.82) is 0 Å². The third kappa shape index (κ3) is 4.80. The Labute approximate surface area is 130 Å². The van der Waals surface area contributed by atoms with Gasteiger partial charge in [-0.2, -0.15) is 0 Å². The van der Waals surface area contributed by atoms with Gasteiger partial charge in [0, 0.05) is 42.5 Å². The molecule has 0 aromatic carbocycles. The molecule has 2 amide bonds. The van der Waals surface area contributed by atoms with E-state index in [0.29, 0.717) is 18.5 Å². The highest BCUT2D eigenvalue weighted by atomic mass is 16.2. The number of aromatic nitrogens is 1. The molecule has 1 aromatic rings. The van der Waals surface area contributed by atoms with Gasteiger partial charge in [-0.1, -0.05) is 0 Å². The SMILES string of the molecule is Cc1cc(C(=O)NC2CCC(NC(=O)CCN)CC2)ccn1. The van der Waals surface area contributed by atoms with E-state index in [1.807, 2.05) is 6.92 Å².